The highest BCUT2D eigenvalue weighted by Crippen LogP contribution is 2.22. The molecule has 2 atom stereocenters. The van der Waals surface area contributed by atoms with Crippen molar-refractivity contribution in [3.63, 3.8) is 0 Å². The fraction of sp³-hybridized carbons (Fsp3) is 0.278. The van der Waals surface area contributed by atoms with Crippen molar-refractivity contribution >= 4 is 5.97 Å². The van der Waals surface area contributed by atoms with E-state index in [0.717, 1.165) is 5.56 Å². The Morgan fingerprint density at radius 3 is 2.05 bits per heavy atom. The number of ether oxygens (including phenoxy) is 1. The number of hydrogen-bond acceptors (Lipinski definition) is 3. The van der Waals surface area contributed by atoms with E-state index in [4.69, 9.17) is 4.74 Å². The van der Waals surface area contributed by atoms with E-state index < -0.39 is 0 Å². The Hall–Kier alpha value is -2.13. The first-order valence-corrected chi connectivity index (χ1v) is 7.13. The van der Waals surface area contributed by atoms with Gasteiger partial charge in [-0.05, 0) is 18.1 Å². The average molecular weight is 283 g/mol. The number of rotatable bonds is 6. The minimum Gasteiger partial charge on any atom is -0.469 e. The van der Waals surface area contributed by atoms with Gasteiger partial charge in [0.05, 0.1) is 13.5 Å². The zero-order valence-electron chi connectivity index (χ0n) is 12.5. The van der Waals surface area contributed by atoms with Crippen molar-refractivity contribution in [3.8, 4) is 0 Å². The van der Waals surface area contributed by atoms with Crippen LogP contribution in [0, 0.1) is 0 Å². The van der Waals surface area contributed by atoms with Crippen LogP contribution in [-0.2, 0) is 9.53 Å². The molecule has 21 heavy (non-hydrogen) atoms. The van der Waals surface area contributed by atoms with Crippen LogP contribution in [0.5, 0.6) is 0 Å². The van der Waals surface area contributed by atoms with Crippen molar-refractivity contribution in [2.75, 3.05) is 7.11 Å². The molecule has 0 amide bonds. The number of carbonyl (C=O) groups is 1. The molecule has 0 aromatic heterocycles. The third-order valence-corrected chi connectivity index (χ3v) is 3.55. The summed E-state index contributed by atoms with van der Waals surface area (Å²) in [5.74, 6) is -0.211. The number of carbonyl (C=O) groups excluding carboxylic acids is 1. The van der Waals surface area contributed by atoms with Gasteiger partial charge in [0.1, 0.15) is 0 Å². The molecule has 3 heteroatoms. The standard InChI is InChI=1S/C18H21NO2/c1-14(15-9-5-3-6-10-15)19-17(13-18(20)21-2)16-11-7-4-8-12-16/h3-12,14,17,19H,13H2,1-2H3/t14-,17+/m0/s1. The van der Waals surface area contributed by atoms with Crippen molar-refractivity contribution in [2.24, 2.45) is 0 Å². The van der Waals surface area contributed by atoms with Crippen LogP contribution in [0.25, 0.3) is 0 Å². The molecule has 0 aliphatic heterocycles. The lowest BCUT2D eigenvalue weighted by atomic mass is 10.0. The summed E-state index contributed by atoms with van der Waals surface area (Å²) in [5, 5.41) is 3.51. The molecule has 0 radical (unpaired) electrons. The summed E-state index contributed by atoms with van der Waals surface area (Å²) in [4.78, 5) is 11.7. The lowest BCUT2D eigenvalue weighted by Gasteiger charge is -2.23. The first-order valence-electron chi connectivity index (χ1n) is 7.13. The molecule has 0 aliphatic rings. The van der Waals surface area contributed by atoms with Crippen LogP contribution in [0.3, 0.4) is 0 Å². The normalized spacial score (nSPS) is 13.4. The summed E-state index contributed by atoms with van der Waals surface area (Å²) in [6.45, 7) is 2.10. The van der Waals surface area contributed by atoms with Gasteiger partial charge in [0.15, 0.2) is 0 Å². The molecule has 2 rings (SSSR count). The maximum absolute atomic E-state index is 11.7. The Kier molecular flexibility index (Phi) is 5.52. The number of hydrogen-bond donors (Lipinski definition) is 1. The number of nitrogens with one attached hydrogen (secondary N) is 1. The Morgan fingerprint density at radius 2 is 1.52 bits per heavy atom. The quantitative estimate of drug-likeness (QED) is 0.823. The van der Waals surface area contributed by atoms with Crippen molar-refractivity contribution in [3.05, 3.63) is 71.8 Å². The van der Waals surface area contributed by atoms with E-state index in [1.165, 1.54) is 12.7 Å². The van der Waals surface area contributed by atoms with Gasteiger partial charge in [-0.1, -0.05) is 60.7 Å². The fourth-order valence-corrected chi connectivity index (χ4v) is 2.35. The summed E-state index contributed by atoms with van der Waals surface area (Å²) in [6.07, 6.45) is 0.317. The molecule has 3 nitrogen and oxygen atoms in total. The van der Waals surface area contributed by atoms with Crippen LogP contribution in [0.4, 0.5) is 0 Å². The molecule has 0 bridgehead atoms. The van der Waals surface area contributed by atoms with E-state index in [1.54, 1.807) is 0 Å². The molecule has 0 heterocycles. The molecule has 0 unspecified atom stereocenters. The Bertz CT molecular complexity index is 554. The van der Waals surface area contributed by atoms with E-state index in [-0.39, 0.29) is 18.1 Å². The summed E-state index contributed by atoms with van der Waals surface area (Å²) in [5.41, 5.74) is 2.29. The van der Waals surface area contributed by atoms with Crippen LogP contribution < -0.4 is 5.32 Å². The second-order valence-electron chi connectivity index (χ2n) is 5.04. The van der Waals surface area contributed by atoms with Crippen molar-refractivity contribution in [2.45, 2.75) is 25.4 Å². The van der Waals surface area contributed by atoms with Gasteiger partial charge < -0.3 is 10.1 Å². The van der Waals surface area contributed by atoms with Gasteiger partial charge in [0.25, 0.3) is 0 Å². The maximum Gasteiger partial charge on any atom is 0.307 e. The zero-order chi connectivity index (χ0) is 15.1. The van der Waals surface area contributed by atoms with E-state index in [2.05, 4.69) is 24.4 Å². The van der Waals surface area contributed by atoms with Gasteiger partial charge in [-0.15, -0.1) is 0 Å². The van der Waals surface area contributed by atoms with Crippen LogP contribution in [-0.4, -0.2) is 13.1 Å². The van der Waals surface area contributed by atoms with Gasteiger partial charge in [-0.3, -0.25) is 4.79 Å². The number of methoxy groups -OCH3 is 1. The third-order valence-electron chi connectivity index (χ3n) is 3.55. The minimum atomic E-state index is -0.211. The monoisotopic (exact) mass is 283 g/mol. The molecule has 2 aromatic carbocycles. The van der Waals surface area contributed by atoms with Crippen molar-refractivity contribution in [1.82, 2.24) is 5.32 Å². The Morgan fingerprint density at radius 1 is 1.00 bits per heavy atom. The molecule has 1 N–H and O–H groups in total. The van der Waals surface area contributed by atoms with Crippen molar-refractivity contribution in [1.29, 1.82) is 0 Å². The molecule has 2 aromatic rings. The van der Waals surface area contributed by atoms with E-state index in [0.29, 0.717) is 6.42 Å². The van der Waals surface area contributed by atoms with Gasteiger partial charge in [0.2, 0.25) is 0 Å². The first kappa shape index (κ1) is 15.3. The van der Waals surface area contributed by atoms with Gasteiger partial charge in [0, 0.05) is 12.1 Å². The number of benzene rings is 2. The fourth-order valence-electron chi connectivity index (χ4n) is 2.35. The van der Waals surface area contributed by atoms with E-state index in [9.17, 15) is 4.79 Å². The topological polar surface area (TPSA) is 38.3 Å². The Balaban J connectivity index is 2.14. The third kappa shape index (κ3) is 4.43. The average Bonchev–Trinajstić information content (AvgIpc) is 2.55. The van der Waals surface area contributed by atoms with Gasteiger partial charge >= 0.3 is 5.97 Å². The molecule has 0 fully saturated rings. The van der Waals surface area contributed by atoms with Gasteiger partial charge in [-0.2, -0.15) is 0 Å². The minimum absolute atomic E-state index is 0.0612. The summed E-state index contributed by atoms with van der Waals surface area (Å²) >= 11 is 0. The molecular weight excluding hydrogens is 262 g/mol. The highest BCUT2D eigenvalue weighted by Gasteiger charge is 2.18. The SMILES string of the molecule is COC(=O)C[C@@H](N[C@@H](C)c1ccccc1)c1ccccc1. The molecule has 0 aliphatic carbocycles. The second kappa shape index (κ2) is 7.60. The molecule has 0 saturated heterocycles. The van der Waals surface area contributed by atoms with E-state index in [1.807, 2.05) is 48.5 Å². The first-order chi connectivity index (χ1) is 10.2. The second-order valence-corrected chi connectivity index (χ2v) is 5.04. The van der Waals surface area contributed by atoms with Crippen LogP contribution in [0.2, 0.25) is 0 Å². The highest BCUT2D eigenvalue weighted by atomic mass is 16.5. The van der Waals surface area contributed by atoms with Crippen molar-refractivity contribution < 1.29 is 9.53 Å². The van der Waals surface area contributed by atoms with E-state index >= 15 is 0 Å². The highest BCUT2D eigenvalue weighted by molar-refractivity contribution is 5.70. The zero-order valence-corrected chi connectivity index (χ0v) is 12.5. The maximum atomic E-state index is 11.7. The molecular formula is C18H21NO2. The van der Waals surface area contributed by atoms with Gasteiger partial charge in [-0.25, -0.2) is 0 Å². The molecule has 0 saturated carbocycles. The smallest absolute Gasteiger partial charge is 0.307 e. The summed E-state index contributed by atoms with van der Waals surface area (Å²) in [6, 6.07) is 20.3. The largest absolute Gasteiger partial charge is 0.469 e. The Labute approximate surface area is 126 Å². The predicted molar refractivity (Wildman–Crippen MR) is 83.8 cm³/mol. The van der Waals surface area contributed by atoms with Crippen LogP contribution >= 0.6 is 0 Å². The summed E-state index contributed by atoms with van der Waals surface area (Å²) < 4.78 is 4.81. The molecule has 0 spiro atoms. The van der Waals surface area contributed by atoms with Crippen LogP contribution in [0.1, 0.15) is 36.6 Å². The summed E-state index contributed by atoms with van der Waals surface area (Å²) in [7, 11) is 1.42. The molecule has 110 valence electrons. The predicted octanol–water partition coefficient (Wildman–Crippen LogP) is 3.64. The van der Waals surface area contributed by atoms with Crippen LogP contribution in [0.15, 0.2) is 60.7 Å². The lowest BCUT2D eigenvalue weighted by Crippen LogP contribution is -2.27. The number of esters is 1. The lowest BCUT2D eigenvalue weighted by molar-refractivity contribution is -0.141.